The Balaban J connectivity index is 1.90. The molecule has 0 radical (unpaired) electrons. The molecule has 2 aliphatic carbocycles. The molecule has 1 aromatic carbocycles. The van der Waals surface area contributed by atoms with Gasteiger partial charge in [-0.25, -0.2) is 8.42 Å². The summed E-state index contributed by atoms with van der Waals surface area (Å²) >= 11 is 0. The molecule has 2 fully saturated rings. The number of hydrogen-bond donors (Lipinski definition) is 1. The van der Waals surface area contributed by atoms with Gasteiger partial charge in [-0.15, -0.1) is 0 Å². The average Bonchev–Trinajstić information content (AvgIpc) is 3.18. The van der Waals surface area contributed by atoms with E-state index in [9.17, 15) is 8.42 Å². The van der Waals surface area contributed by atoms with Crippen molar-refractivity contribution in [2.45, 2.75) is 36.6 Å². The summed E-state index contributed by atoms with van der Waals surface area (Å²) in [6, 6.07) is 5.73. The minimum atomic E-state index is -3.18. The number of hydrogen-bond acceptors (Lipinski definition) is 4. The SMILES string of the molecule is CS(=O)(=O)c1ccc(N(CC2CC2)C2CC2)c(N)c1. The summed E-state index contributed by atoms with van der Waals surface area (Å²) in [4.78, 5) is 2.68. The summed E-state index contributed by atoms with van der Waals surface area (Å²) < 4.78 is 23.1. The normalized spacial score (nSPS) is 19.4. The number of nitrogens with zero attached hydrogens (tertiary/aromatic N) is 1. The highest BCUT2D eigenvalue weighted by Gasteiger charge is 2.34. The van der Waals surface area contributed by atoms with E-state index in [2.05, 4.69) is 4.90 Å². The minimum Gasteiger partial charge on any atom is -0.397 e. The largest absolute Gasteiger partial charge is 0.397 e. The van der Waals surface area contributed by atoms with Crippen LogP contribution in [0.4, 0.5) is 11.4 Å². The maximum absolute atomic E-state index is 11.5. The van der Waals surface area contributed by atoms with Gasteiger partial charge in [0, 0.05) is 18.8 Å². The molecule has 0 atom stereocenters. The molecule has 4 nitrogen and oxygen atoms in total. The topological polar surface area (TPSA) is 63.4 Å². The Morgan fingerprint density at radius 1 is 1.26 bits per heavy atom. The maximum Gasteiger partial charge on any atom is 0.175 e. The van der Waals surface area contributed by atoms with Crippen LogP contribution in [-0.2, 0) is 9.84 Å². The quantitative estimate of drug-likeness (QED) is 0.838. The fraction of sp³-hybridized carbons (Fsp3) is 0.571. The van der Waals surface area contributed by atoms with Crippen LogP contribution in [0, 0.1) is 5.92 Å². The van der Waals surface area contributed by atoms with Gasteiger partial charge in [0.25, 0.3) is 0 Å². The lowest BCUT2D eigenvalue weighted by Crippen LogP contribution is -2.28. The molecule has 0 heterocycles. The van der Waals surface area contributed by atoms with Crippen molar-refractivity contribution < 1.29 is 8.42 Å². The second-order valence-corrected chi connectivity index (χ2v) is 7.84. The average molecular weight is 280 g/mol. The van der Waals surface area contributed by atoms with Gasteiger partial charge in [-0.2, -0.15) is 0 Å². The molecule has 0 spiro atoms. The van der Waals surface area contributed by atoms with E-state index in [1.807, 2.05) is 6.07 Å². The first-order valence-corrected chi connectivity index (χ1v) is 8.70. The summed E-state index contributed by atoms with van der Waals surface area (Å²) in [6.07, 6.45) is 6.28. The molecule has 0 aliphatic heterocycles. The molecule has 3 rings (SSSR count). The molecule has 2 N–H and O–H groups in total. The smallest absolute Gasteiger partial charge is 0.175 e. The Morgan fingerprint density at radius 3 is 2.42 bits per heavy atom. The lowest BCUT2D eigenvalue weighted by molar-refractivity contribution is 0.602. The summed E-state index contributed by atoms with van der Waals surface area (Å²) in [5.74, 6) is 0.801. The number of rotatable bonds is 5. The second kappa shape index (κ2) is 4.40. The zero-order chi connectivity index (χ0) is 13.6. The monoisotopic (exact) mass is 280 g/mol. The molecule has 1 aromatic rings. The molecule has 2 aliphatic rings. The van der Waals surface area contributed by atoms with Gasteiger partial charge in [-0.05, 0) is 49.8 Å². The first-order valence-electron chi connectivity index (χ1n) is 6.81. The molecular weight excluding hydrogens is 260 g/mol. The minimum absolute atomic E-state index is 0.302. The third-order valence-electron chi connectivity index (χ3n) is 3.88. The lowest BCUT2D eigenvalue weighted by Gasteiger charge is -2.26. The zero-order valence-corrected chi connectivity index (χ0v) is 12.0. The van der Waals surface area contributed by atoms with E-state index in [1.165, 1.54) is 31.9 Å². The third kappa shape index (κ3) is 2.86. The predicted octanol–water partition coefficient (Wildman–Crippen LogP) is 2.05. The van der Waals surface area contributed by atoms with Gasteiger partial charge in [0.15, 0.2) is 9.84 Å². The van der Waals surface area contributed by atoms with E-state index in [-0.39, 0.29) is 0 Å². The van der Waals surface area contributed by atoms with Crippen molar-refractivity contribution in [2.75, 3.05) is 23.4 Å². The molecule has 0 amide bonds. The van der Waals surface area contributed by atoms with Crippen molar-refractivity contribution in [3.05, 3.63) is 18.2 Å². The fourth-order valence-corrected chi connectivity index (χ4v) is 3.09. The van der Waals surface area contributed by atoms with E-state index in [0.717, 1.165) is 18.2 Å². The van der Waals surface area contributed by atoms with Crippen LogP contribution in [0.1, 0.15) is 25.7 Å². The van der Waals surface area contributed by atoms with E-state index in [0.29, 0.717) is 16.6 Å². The first-order chi connectivity index (χ1) is 8.95. The molecular formula is C14H20N2O2S. The number of nitrogens with two attached hydrogens (primary N) is 1. The number of benzene rings is 1. The van der Waals surface area contributed by atoms with E-state index in [4.69, 9.17) is 5.73 Å². The highest BCUT2D eigenvalue weighted by Crippen LogP contribution is 2.40. The summed E-state index contributed by atoms with van der Waals surface area (Å²) in [5.41, 5.74) is 7.66. The van der Waals surface area contributed by atoms with Crippen molar-refractivity contribution in [1.29, 1.82) is 0 Å². The van der Waals surface area contributed by atoms with Gasteiger partial charge in [0.2, 0.25) is 0 Å². The Labute approximate surface area is 114 Å². The molecule has 104 valence electrons. The second-order valence-electron chi connectivity index (χ2n) is 5.82. The van der Waals surface area contributed by atoms with Crippen LogP contribution < -0.4 is 10.6 Å². The van der Waals surface area contributed by atoms with E-state index < -0.39 is 9.84 Å². The molecule has 0 unspecified atom stereocenters. The summed E-state index contributed by atoms with van der Waals surface area (Å²) in [5, 5.41) is 0. The molecule has 19 heavy (non-hydrogen) atoms. The van der Waals surface area contributed by atoms with Crippen LogP contribution in [0.15, 0.2) is 23.1 Å². The van der Waals surface area contributed by atoms with Gasteiger partial charge in [0.1, 0.15) is 0 Å². The van der Waals surface area contributed by atoms with E-state index in [1.54, 1.807) is 12.1 Å². The summed E-state index contributed by atoms with van der Waals surface area (Å²) in [7, 11) is -3.18. The molecule has 5 heteroatoms. The number of sulfone groups is 1. The highest BCUT2D eigenvalue weighted by molar-refractivity contribution is 7.90. The number of nitrogen functional groups attached to an aromatic ring is 1. The highest BCUT2D eigenvalue weighted by atomic mass is 32.2. The Bertz CT molecular complexity index is 589. The maximum atomic E-state index is 11.5. The van der Waals surface area contributed by atoms with Crippen molar-refractivity contribution in [3.8, 4) is 0 Å². The van der Waals surface area contributed by atoms with Crippen LogP contribution in [0.3, 0.4) is 0 Å². The predicted molar refractivity (Wildman–Crippen MR) is 77.1 cm³/mol. The van der Waals surface area contributed by atoms with Crippen molar-refractivity contribution in [2.24, 2.45) is 5.92 Å². The van der Waals surface area contributed by atoms with Gasteiger partial charge in [-0.1, -0.05) is 0 Å². The van der Waals surface area contributed by atoms with Crippen molar-refractivity contribution >= 4 is 21.2 Å². The van der Waals surface area contributed by atoms with Gasteiger partial charge < -0.3 is 10.6 Å². The van der Waals surface area contributed by atoms with Crippen molar-refractivity contribution in [1.82, 2.24) is 0 Å². The molecule has 2 saturated carbocycles. The Kier molecular flexibility index (Phi) is 2.96. The lowest BCUT2D eigenvalue weighted by atomic mass is 10.2. The Morgan fingerprint density at radius 2 is 1.95 bits per heavy atom. The number of anilines is 2. The van der Waals surface area contributed by atoms with Crippen LogP contribution in [-0.4, -0.2) is 27.3 Å². The van der Waals surface area contributed by atoms with Gasteiger partial charge in [0.05, 0.1) is 16.3 Å². The standard InChI is InChI=1S/C14H20N2O2S/c1-19(17,18)12-6-7-14(13(15)8-12)16(11-4-5-11)9-10-2-3-10/h6-8,10-11H,2-5,9,15H2,1H3. The van der Waals surface area contributed by atoms with Crippen LogP contribution in [0.25, 0.3) is 0 Å². The van der Waals surface area contributed by atoms with Gasteiger partial charge >= 0.3 is 0 Å². The van der Waals surface area contributed by atoms with Gasteiger partial charge in [-0.3, -0.25) is 0 Å². The van der Waals surface area contributed by atoms with Crippen LogP contribution in [0.5, 0.6) is 0 Å². The summed E-state index contributed by atoms with van der Waals surface area (Å²) in [6.45, 7) is 1.06. The molecule has 0 saturated heterocycles. The van der Waals surface area contributed by atoms with Crippen LogP contribution in [0.2, 0.25) is 0 Å². The Hall–Kier alpha value is -1.23. The first kappa shape index (κ1) is 12.8. The molecule has 0 bridgehead atoms. The van der Waals surface area contributed by atoms with Crippen LogP contribution >= 0.6 is 0 Å². The zero-order valence-electron chi connectivity index (χ0n) is 11.2. The van der Waals surface area contributed by atoms with E-state index >= 15 is 0 Å². The molecule has 0 aromatic heterocycles. The van der Waals surface area contributed by atoms with Crippen molar-refractivity contribution in [3.63, 3.8) is 0 Å². The third-order valence-corrected chi connectivity index (χ3v) is 4.99. The fourth-order valence-electron chi connectivity index (χ4n) is 2.43.